The normalized spacial score (nSPS) is 26.6. The first-order valence-electron chi connectivity index (χ1n) is 15.4. The van der Waals surface area contributed by atoms with Crippen molar-refractivity contribution in [1.29, 1.82) is 0 Å². The van der Waals surface area contributed by atoms with Crippen LogP contribution in [0.25, 0.3) is 0 Å². The van der Waals surface area contributed by atoms with Gasteiger partial charge in [0.1, 0.15) is 0 Å². The highest BCUT2D eigenvalue weighted by atomic mass is 16.3. The lowest BCUT2D eigenvalue weighted by Gasteiger charge is -2.38. The summed E-state index contributed by atoms with van der Waals surface area (Å²) in [4.78, 5) is 0. The predicted octanol–water partition coefficient (Wildman–Crippen LogP) is 10.4. The van der Waals surface area contributed by atoms with Crippen molar-refractivity contribution in [2.24, 2.45) is 16.7 Å². The molecule has 0 fully saturated rings. The van der Waals surface area contributed by atoms with Crippen LogP contribution < -0.4 is 0 Å². The molecule has 2 nitrogen and oxygen atoms in total. The molecule has 42 heavy (non-hydrogen) atoms. The summed E-state index contributed by atoms with van der Waals surface area (Å²) in [7, 11) is 0. The molecule has 0 unspecified atom stereocenters. The maximum atomic E-state index is 10.1. The molecule has 0 saturated heterocycles. The van der Waals surface area contributed by atoms with Crippen LogP contribution in [0, 0.1) is 16.7 Å². The maximum Gasteiger partial charge on any atom is 0.0729 e. The first-order valence-corrected chi connectivity index (χ1v) is 15.4. The van der Waals surface area contributed by atoms with Crippen molar-refractivity contribution >= 4 is 0 Å². The number of rotatable bonds is 10. The minimum atomic E-state index is -0.331. The van der Waals surface area contributed by atoms with E-state index in [0.717, 1.165) is 19.3 Å². The molecule has 0 aromatic rings. The Morgan fingerprint density at radius 2 is 1.21 bits per heavy atom. The molecule has 0 aromatic carbocycles. The summed E-state index contributed by atoms with van der Waals surface area (Å²) in [5.41, 5.74) is 8.73. The Morgan fingerprint density at radius 3 is 1.74 bits per heavy atom. The fourth-order valence-corrected chi connectivity index (χ4v) is 6.14. The summed E-state index contributed by atoms with van der Waals surface area (Å²) in [5, 5.41) is 20.2. The van der Waals surface area contributed by atoms with Gasteiger partial charge in [0.25, 0.3) is 0 Å². The van der Waals surface area contributed by atoms with Crippen molar-refractivity contribution in [3.05, 3.63) is 130 Å². The van der Waals surface area contributed by atoms with E-state index in [0.29, 0.717) is 5.92 Å². The summed E-state index contributed by atoms with van der Waals surface area (Å²) in [6, 6.07) is 0. The lowest BCUT2D eigenvalue weighted by Crippen LogP contribution is -2.32. The largest absolute Gasteiger partial charge is 0.393 e. The highest BCUT2D eigenvalue weighted by Crippen LogP contribution is 2.42. The van der Waals surface area contributed by atoms with E-state index in [1.807, 2.05) is 6.08 Å². The van der Waals surface area contributed by atoms with E-state index in [1.165, 1.54) is 39.0 Å². The molecule has 228 valence electrons. The summed E-state index contributed by atoms with van der Waals surface area (Å²) in [6.07, 6.45) is 33.8. The van der Waals surface area contributed by atoms with Crippen molar-refractivity contribution < 1.29 is 10.2 Å². The van der Waals surface area contributed by atoms with Crippen molar-refractivity contribution in [2.45, 2.75) is 101 Å². The van der Waals surface area contributed by atoms with Crippen LogP contribution in [0.3, 0.4) is 0 Å². The first-order chi connectivity index (χ1) is 19.6. The summed E-state index contributed by atoms with van der Waals surface area (Å²) in [6.45, 7) is 21.6. The number of aliphatic hydroxyl groups excluding tert-OH is 2. The minimum absolute atomic E-state index is 0.00528. The first kappa shape index (κ1) is 35.3. The van der Waals surface area contributed by atoms with Gasteiger partial charge < -0.3 is 10.2 Å². The van der Waals surface area contributed by atoms with Gasteiger partial charge in [-0.1, -0.05) is 152 Å². The van der Waals surface area contributed by atoms with Gasteiger partial charge >= 0.3 is 0 Å². The monoisotopic (exact) mass is 568 g/mol. The Balaban J connectivity index is 1.90. The predicted molar refractivity (Wildman–Crippen MR) is 184 cm³/mol. The average molecular weight is 569 g/mol. The molecule has 0 heterocycles. The molecule has 2 heteroatoms. The molecule has 0 aromatic heterocycles. The molecule has 0 saturated carbocycles. The van der Waals surface area contributed by atoms with E-state index in [-0.39, 0.29) is 23.0 Å². The highest BCUT2D eigenvalue weighted by Gasteiger charge is 2.34. The number of hydrogen-bond acceptors (Lipinski definition) is 2. The van der Waals surface area contributed by atoms with Gasteiger partial charge in [-0.3, -0.25) is 0 Å². The molecular weight excluding hydrogens is 512 g/mol. The Morgan fingerprint density at radius 1 is 0.714 bits per heavy atom. The van der Waals surface area contributed by atoms with Crippen LogP contribution in [0.5, 0.6) is 0 Å². The molecule has 0 aliphatic heterocycles. The third kappa shape index (κ3) is 11.7. The second-order valence-corrected chi connectivity index (χ2v) is 13.7. The van der Waals surface area contributed by atoms with Crippen molar-refractivity contribution in [3.8, 4) is 0 Å². The van der Waals surface area contributed by atoms with Gasteiger partial charge in [-0.15, -0.1) is 0 Å². The number of hydrogen-bond donors (Lipinski definition) is 2. The zero-order chi connectivity index (χ0) is 31.5. The smallest absolute Gasteiger partial charge is 0.0729 e. The van der Waals surface area contributed by atoms with Crippen LogP contribution >= 0.6 is 0 Å². The van der Waals surface area contributed by atoms with E-state index in [4.69, 9.17) is 0 Å². The third-order valence-electron chi connectivity index (χ3n) is 8.33. The van der Waals surface area contributed by atoms with E-state index in [9.17, 15) is 10.2 Å². The molecule has 0 bridgehead atoms. The van der Waals surface area contributed by atoms with Crippen molar-refractivity contribution in [1.82, 2.24) is 0 Å². The fraction of sp³-hybridized carbons (Fsp3) is 0.450. The standard InChI is InChI=1S/C40H56O2/c1-29(17-13-19-31(3)21-23-37-33(5)25-35(41)27-39(37,7)8)15-11-12-16-30(2)18-14-20-32(4)22-24-38-34(6)26-36(42)28-40(38,9)10/h11-25,35-37,41-42H,26-28H2,1-10H3/b12-11+,17-13+,18-14+,23-21+,24-22+,29-15+,30-16+,31-19-,32-20-/t35-,36+,37-/m0/s1. The van der Waals surface area contributed by atoms with E-state index >= 15 is 0 Å². The SMILES string of the molecule is CC1=C[C@H](O)CC(C)(C)[C@H]1/C=C/C(C)=C\C=C\C(C)=C\C=C\C=C(C)\C=C\C=C(C)/C=C/C1=C(C)C[C@@H](O)CC1(C)C. The van der Waals surface area contributed by atoms with Gasteiger partial charge in [0, 0.05) is 5.92 Å². The van der Waals surface area contributed by atoms with Gasteiger partial charge in [0.05, 0.1) is 12.2 Å². The Hall–Kier alpha value is -2.94. The minimum Gasteiger partial charge on any atom is -0.393 e. The van der Waals surface area contributed by atoms with Crippen LogP contribution in [0.1, 0.15) is 88.5 Å². The van der Waals surface area contributed by atoms with Gasteiger partial charge in [0.2, 0.25) is 0 Å². The van der Waals surface area contributed by atoms with Crippen LogP contribution in [-0.4, -0.2) is 22.4 Å². The molecular formula is C40H56O2. The zero-order valence-corrected chi connectivity index (χ0v) is 27.9. The fourth-order valence-electron chi connectivity index (χ4n) is 6.14. The second kappa shape index (κ2) is 16.1. The zero-order valence-electron chi connectivity index (χ0n) is 27.9. The van der Waals surface area contributed by atoms with Gasteiger partial charge in [-0.05, 0) is 77.2 Å². The summed E-state index contributed by atoms with van der Waals surface area (Å²) < 4.78 is 0. The van der Waals surface area contributed by atoms with Crippen LogP contribution in [-0.2, 0) is 0 Å². The molecule has 2 aliphatic carbocycles. The van der Waals surface area contributed by atoms with Gasteiger partial charge in [0.15, 0.2) is 0 Å². The molecule has 0 radical (unpaired) electrons. The lowest BCUT2D eigenvalue weighted by molar-refractivity contribution is 0.116. The van der Waals surface area contributed by atoms with Crippen LogP contribution in [0.15, 0.2) is 130 Å². The van der Waals surface area contributed by atoms with E-state index in [1.54, 1.807) is 0 Å². The Bertz CT molecular complexity index is 1270. The van der Waals surface area contributed by atoms with E-state index in [2.05, 4.69) is 154 Å². The molecule has 3 atom stereocenters. The molecule has 2 aliphatic rings. The van der Waals surface area contributed by atoms with Crippen molar-refractivity contribution in [3.63, 3.8) is 0 Å². The molecule has 2 N–H and O–H groups in total. The number of allylic oxidation sites excluding steroid dienone is 20. The summed E-state index contributed by atoms with van der Waals surface area (Å²) >= 11 is 0. The van der Waals surface area contributed by atoms with Crippen molar-refractivity contribution in [2.75, 3.05) is 0 Å². The van der Waals surface area contributed by atoms with Gasteiger partial charge in [-0.25, -0.2) is 0 Å². The van der Waals surface area contributed by atoms with Crippen LogP contribution in [0.2, 0.25) is 0 Å². The quantitative estimate of drug-likeness (QED) is 0.203. The number of aliphatic hydroxyl groups is 2. The maximum absolute atomic E-state index is 10.1. The van der Waals surface area contributed by atoms with E-state index < -0.39 is 0 Å². The van der Waals surface area contributed by atoms with Gasteiger partial charge in [-0.2, -0.15) is 0 Å². The molecule has 2 rings (SSSR count). The second-order valence-electron chi connectivity index (χ2n) is 13.7. The highest BCUT2D eigenvalue weighted by molar-refractivity contribution is 5.38. The average Bonchev–Trinajstić information content (AvgIpc) is 2.84. The Labute approximate surface area is 257 Å². The molecule has 0 spiro atoms. The molecule has 0 amide bonds. The van der Waals surface area contributed by atoms with Crippen LogP contribution in [0.4, 0.5) is 0 Å². The Kier molecular flexibility index (Phi) is 13.5. The topological polar surface area (TPSA) is 40.5 Å². The lowest BCUT2D eigenvalue weighted by atomic mass is 9.67. The summed E-state index contributed by atoms with van der Waals surface area (Å²) in [5.74, 6) is 0.348. The third-order valence-corrected chi connectivity index (χ3v) is 8.33.